The molecule has 0 saturated carbocycles. The maximum Gasteiger partial charge on any atom is 0.313 e. The summed E-state index contributed by atoms with van der Waals surface area (Å²) < 4.78 is 0. The number of hydrogen-bond acceptors (Lipinski definition) is 3. The first-order chi connectivity index (χ1) is 12.1. The number of carbonyl (C=O) groups excluding carboxylic acids is 2. The first kappa shape index (κ1) is 18.7. The summed E-state index contributed by atoms with van der Waals surface area (Å²) in [5.41, 5.74) is 2.79. The van der Waals surface area contributed by atoms with Crippen LogP contribution in [0.1, 0.15) is 29.9 Å². The van der Waals surface area contributed by atoms with Gasteiger partial charge < -0.3 is 15.7 Å². The van der Waals surface area contributed by atoms with Crippen LogP contribution in [0.15, 0.2) is 54.6 Å². The fourth-order valence-electron chi connectivity index (χ4n) is 2.62. The molecule has 0 aliphatic carbocycles. The van der Waals surface area contributed by atoms with Gasteiger partial charge in [0, 0.05) is 18.8 Å². The molecule has 2 aromatic rings. The lowest BCUT2D eigenvalue weighted by atomic mass is 9.93. The average molecular weight is 340 g/mol. The van der Waals surface area contributed by atoms with E-state index in [1.54, 1.807) is 12.1 Å². The van der Waals surface area contributed by atoms with Crippen LogP contribution in [0.2, 0.25) is 0 Å². The highest BCUT2D eigenvalue weighted by Gasteiger charge is 2.15. The van der Waals surface area contributed by atoms with E-state index < -0.39 is 11.8 Å². The normalized spacial score (nSPS) is 11.6. The third-order valence-electron chi connectivity index (χ3n) is 4.04. The summed E-state index contributed by atoms with van der Waals surface area (Å²) in [4.78, 5) is 23.8. The Hall–Kier alpha value is -2.66. The van der Waals surface area contributed by atoms with Gasteiger partial charge in [-0.3, -0.25) is 9.59 Å². The molecule has 0 saturated heterocycles. The van der Waals surface area contributed by atoms with Crippen molar-refractivity contribution in [3.63, 3.8) is 0 Å². The van der Waals surface area contributed by atoms with E-state index >= 15 is 0 Å². The van der Waals surface area contributed by atoms with Gasteiger partial charge in [-0.2, -0.15) is 0 Å². The molecule has 1 atom stereocenters. The number of rotatable bonds is 7. The third kappa shape index (κ3) is 6.04. The van der Waals surface area contributed by atoms with Crippen LogP contribution in [0.4, 0.5) is 5.69 Å². The monoisotopic (exact) mass is 340 g/mol. The first-order valence-corrected chi connectivity index (χ1v) is 8.42. The molecule has 2 aromatic carbocycles. The lowest BCUT2D eigenvalue weighted by molar-refractivity contribution is -0.136. The molecule has 2 rings (SSSR count). The molecule has 0 bridgehead atoms. The Labute approximate surface area is 148 Å². The van der Waals surface area contributed by atoms with Crippen molar-refractivity contribution in [2.24, 2.45) is 0 Å². The van der Waals surface area contributed by atoms with E-state index in [4.69, 9.17) is 0 Å². The number of aryl methyl sites for hydroxylation is 1. The minimum Gasteiger partial charge on any atom is -0.396 e. The summed E-state index contributed by atoms with van der Waals surface area (Å²) in [6.07, 6.45) is 1.28. The summed E-state index contributed by atoms with van der Waals surface area (Å²) in [6, 6.07) is 17.1. The maximum absolute atomic E-state index is 11.9. The van der Waals surface area contributed by atoms with Crippen LogP contribution in [0.5, 0.6) is 0 Å². The van der Waals surface area contributed by atoms with Gasteiger partial charge in [-0.15, -0.1) is 0 Å². The zero-order valence-electron chi connectivity index (χ0n) is 14.4. The van der Waals surface area contributed by atoms with E-state index in [9.17, 15) is 14.7 Å². The largest absolute Gasteiger partial charge is 0.396 e. The zero-order chi connectivity index (χ0) is 18.1. The minimum atomic E-state index is -0.678. The van der Waals surface area contributed by atoms with Crippen LogP contribution < -0.4 is 10.6 Å². The molecule has 5 heteroatoms. The Kier molecular flexibility index (Phi) is 7.16. The van der Waals surface area contributed by atoms with E-state index in [0.717, 1.165) is 11.1 Å². The van der Waals surface area contributed by atoms with E-state index in [-0.39, 0.29) is 12.5 Å². The second kappa shape index (κ2) is 9.59. The number of nitrogens with one attached hydrogen (secondary N) is 2. The molecule has 25 heavy (non-hydrogen) atoms. The third-order valence-corrected chi connectivity index (χ3v) is 4.04. The average Bonchev–Trinajstić information content (AvgIpc) is 2.63. The van der Waals surface area contributed by atoms with Gasteiger partial charge >= 0.3 is 11.8 Å². The zero-order valence-corrected chi connectivity index (χ0v) is 14.4. The molecule has 0 aliphatic heterocycles. The number of aliphatic hydroxyl groups excluding tert-OH is 1. The number of aliphatic hydroxyl groups is 1. The Morgan fingerprint density at radius 1 is 0.960 bits per heavy atom. The summed E-state index contributed by atoms with van der Waals surface area (Å²) in [7, 11) is 0. The fourth-order valence-corrected chi connectivity index (χ4v) is 2.62. The maximum atomic E-state index is 11.9. The van der Waals surface area contributed by atoms with Gasteiger partial charge in [-0.25, -0.2) is 0 Å². The summed E-state index contributed by atoms with van der Waals surface area (Å²) in [6.45, 7) is 2.41. The van der Waals surface area contributed by atoms with Crippen LogP contribution >= 0.6 is 0 Å². The molecule has 0 heterocycles. The molecule has 0 aliphatic rings. The number of hydrogen-bond donors (Lipinski definition) is 3. The molecular formula is C20H24N2O3. The minimum absolute atomic E-state index is 0.0847. The van der Waals surface area contributed by atoms with Gasteiger partial charge in [0.05, 0.1) is 0 Å². The van der Waals surface area contributed by atoms with Crippen LogP contribution in [0.3, 0.4) is 0 Å². The Bertz CT molecular complexity index is 684. The van der Waals surface area contributed by atoms with Crippen molar-refractivity contribution in [2.45, 2.75) is 25.7 Å². The van der Waals surface area contributed by atoms with Crippen molar-refractivity contribution in [3.05, 3.63) is 65.7 Å². The molecule has 0 fully saturated rings. The number of benzene rings is 2. The number of amides is 2. The van der Waals surface area contributed by atoms with Gasteiger partial charge in [0.2, 0.25) is 0 Å². The van der Waals surface area contributed by atoms with E-state index in [1.165, 1.54) is 0 Å². The standard InChI is InChI=1S/C20H24N2O3/c1-15-7-9-18(10-8-15)22-20(25)19(24)21-13-11-17(12-14-23)16-5-3-2-4-6-16/h2-10,17,23H,11-14H2,1H3,(H,21,24)(H,22,25). The molecular weight excluding hydrogens is 316 g/mol. The van der Waals surface area contributed by atoms with Gasteiger partial charge in [0.25, 0.3) is 0 Å². The lowest BCUT2D eigenvalue weighted by Gasteiger charge is -2.16. The SMILES string of the molecule is Cc1ccc(NC(=O)C(=O)NCCC(CCO)c2ccccc2)cc1. The molecule has 5 nitrogen and oxygen atoms in total. The number of anilines is 1. The van der Waals surface area contributed by atoms with Crippen LogP contribution in [0, 0.1) is 6.92 Å². The highest BCUT2D eigenvalue weighted by Crippen LogP contribution is 2.22. The quantitative estimate of drug-likeness (QED) is 0.678. The van der Waals surface area contributed by atoms with Crippen molar-refractivity contribution in [3.8, 4) is 0 Å². The Morgan fingerprint density at radius 2 is 1.64 bits per heavy atom. The van der Waals surface area contributed by atoms with Gasteiger partial charge in [0.15, 0.2) is 0 Å². The summed E-state index contributed by atoms with van der Waals surface area (Å²) >= 11 is 0. The van der Waals surface area contributed by atoms with Crippen molar-refractivity contribution in [1.29, 1.82) is 0 Å². The van der Waals surface area contributed by atoms with Crippen LogP contribution in [-0.2, 0) is 9.59 Å². The smallest absolute Gasteiger partial charge is 0.313 e. The van der Waals surface area contributed by atoms with Crippen molar-refractivity contribution >= 4 is 17.5 Å². The highest BCUT2D eigenvalue weighted by molar-refractivity contribution is 6.39. The predicted molar refractivity (Wildman–Crippen MR) is 98.3 cm³/mol. The van der Waals surface area contributed by atoms with Gasteiger partial charge in [-0.1, -0.05) is 48.0 Å². The Morgan fingerprint density at radius 3 is 2.28 bits per heavy atom. The number of carbonyl (C=O) groups is 2. The van der Waals surface area contributed by atoms with Gasteiger partial charge in [-0.05, 0) is 43.4 Å². The molecule has 3 N–H and O–H groups in total. The topological polar surface area (TPSA) is 78.4 Å². The molecule has 0 aromatic heterocycles. The second-order valence-electron chi connectivity index (χ2n) is 5.98. The van der Waals surface area contributed by atoms with Crippen LogP contribution in [-0.4, -0.2) is 30.1 Å². The van der Waals surface area contributed by atoms with Crippen LogP contribution in [0.25, 0.3) is 0 Å². The summed E-state index contributed by atoms with van der Waals surface area (Å²) in [5.74, 6) is -1.19. The Balaban J connectivity index is 1.81. The second-order valence-corrected chi connectivity index (χ2v) is 5.98. The van der Waals surface area contributed by atoms with E-state index in [2.05, 4.69) is 10.6 Å². The van der Waals surface area contributed by atoms with Crippen molar-refractivity contribution in [1.82, 2.24) is 5.32 Å². The van der Waals surface area contributed by atoms with Crippen molar-refractivity contribution in [2.75, 3.05) is 18.5 Å². The molecule has 0 radical (unpaired) electrons. The van der Waals surface area contributed by atoms with Gasteiger partial charge in [0.1, 0.15) is 0 Å². The molecule has 1 unspecified atom stereocenters. The van der Waals surface area contributed by atoms with Crippen molar-refractivity contribution < 1.29 is 14.7 Å². The molecule has 132 valence electrons. The van der Waals surface area contributed by atoms with E-state index in [0.29, 0.717) is 25.1 Å². The predicted octanol–water partition coefficient (Wildman–Crippen LogP) is 2.61. The fraction of sp³-hybridized carbons (Fsp3) is 0.300. The van der Waals surface area contributed by atoms with E-state index in [1.807, 2.05) is 49.4 Å². The first-order valence-electron chi connectivity index (χ1n) is 8.42. The molecule has 2 amide bonds. The summed E-state index contributed by atoms with van der Waals surface area (Å²) in [5, 5.41) is 14.4. The highest BCUT2D eigenvalue weighted by atomic mass is 16.3. The lowest BCUT2D eigenvalue weighted by Crippen LogP contribution is -2.36. The molecule has 0 spiro atoms.